The van der Waals surface area contributed by atoms with Crippen LogP contribution in [0.25, 0.3) is 32.2 Å². The number of tetrazole rings is 1. The van der Waals surface area contributed by atoms with Gasteiger partial charge in [0.1, 0.15) is 11.6 Å². The molecule has 0 aliphatic rings. The Hall–Kier alpha value is -3.91. The summed E-state index contributed by atoms with van der Waals surface area (Å²) in [4.78, 5) is 18.6. The van der Waals surface area contributed by atoms with Gasteiger partial charge in [-0.05, 0) is 29.5 Å². The third-order valence-corrected chi connectivity index (χ3v) is 5.56. The van der Waals surface area contributed by atoms with Crippen molar-refractivity contribution in [3.8, 4) is 22.0 Å². The number of carbonyl (C=O) groups excluding carboxylic acids is 1. The minimum Gasteiger partial charge on any atom is -0.324 e. The maximum absolute atomic E-state index is 12.6. The highest BCUT2D eigenvalue weighted by Crippen LogP contribution is 2.34. The standard InChI is InChI=1S/C22H16N6OS/c29-20(14-28-26-21(25-27-28)15-8-2-1-3-9-15)23-17-11-5-4-10-16(17)22-24-18-12-6-7-13-19(18)30-22/h1-13H,14H2,(H,23,29). The molecule has 0 aliphatic carbocycles. The molecule has 0 saturated carbocycles. The predicted octanol–water partition coefficient (Wildman–Crippen LogP) is 4.26. The summed E-state index contributed by atoms with van der Waals surface area (Å²) >= 11 is 1.59. The summed E-state index contributed by atoms with van der Waals surface area (Å²) in [7, 11) is 0. The second-order valence-corrected chi connectivity index (χ2v) is 7.62. The van der Waals surface area contributed by atoms with Crippen LogP contribution in [0.2, 0.25) is 0 Å². The first-order valence-electron chi connectivity index (χ1n) is 9.34. The van der Waals surface area contributed by atoms with Crippen LogP contribution in [0.4, 0.5) is 5.69 Å². The van der Waals surface area contributed by atoms with E-state index in [1.165, 1.54) is 4.80 Å². The van der Waals surface area contributed by atoms with E-state index in [-0.39, 0.29) is 12.5 Å². The van der Waals surface area contributed by atoms with Crippen molar-refractivity contribution >= 4 is 33.1 Å². The number of para-hydroxylation sites is 2. The van der Waals surface area contributed by atoms with Crippen molar-refractivity contribution in [3.63, 3.8) is 0 Å². The number of nitrogens with zero attached hydrogens (tertiary/aromatic N) is 5. The first kappa shape index (κ1) is 18.1. The number of benzene rings is 3. The fraction of sp³-hybridized carbons (Fsp3) is 0.0455. The van der Waals surface area contributed by atoms with Gasteiger partial charge in [-0.2, -0.15) is 4.80 Å². The summed E-state index contributed by atoms with van der Waals surface area (Å²) in [6, 6.07) is 25.1. The van der Waals surface area contributed by atoms with E-state index in [4.69, 9.17) is 4.98 Å². The topological polar surface area (TPSA) is 85.6 Å². The normalized spacial score (nSPS) is 10.9. The molecule has 7 nitrogen and oxygen atoms in total. The van der Waals surface area contributed by atoms with Crippen LogP contribution in [0, 0.1) is 0 Å². The summed E-state index contributed by atoms with van der Waals surface area (Å²) in [6.45, 7) is -0.0337. The first-order chi connectivity index (χ1) is 14.8. The van der Waals surface area contributed by atoms with Crippen LogP contribution in [0.1, 0.15) is 0 Å². The van der Waals surface area contributed by atoms with E-state index in [9.17, 15) is 4.79 Å². The number of nitrogens with one attached hydrogen (secondary N) is 1. The predicted molar refractivity (Wildman–Crippen MR) is 117 cm³/mol. The molecule has 5 aromatic rings. The van der Waals surface area contributed by atoms with E-state index in [1.807, 2.05) is 78.9 Å². The molecule has 5 rings (SSSR count). The Bertz CT molecular complexity index is 1290. The Morgan fingerprint density at radius 3 is 2.57 bits per heavy atom. The molecule has 0 saturated heterocycles. The zero-order valence-electron chi connectivity index (χ0n) is 15.8. The molecule has 3 aromatic carbocycles. The van der Waals surface area contributed by atoms with E-state index in [2.05, 4.69) is 20.7 Å². The summed E-state index contributed by atoms with van der Waals surface area (Å²) in [5.41, 5.74) is 3.37. The second-order valence-electron chi connectivity index (χ2n) is 6.59. The highest BCUT2D eigenvalue weighted by Gasteiger charge is 2.14. The lowest BCUT2D eigenvalue weighted by Crippen LogP contribution is -2.20. The highest BCUT2D eigenvalue weighted by molar-refractivity contribution is 7.21. The number of amides is 1. The molecule has 2 heterocycles. The van der Waals surface area contributed by atoms with Crippen LogP contribution in [-0.4, -0.2) is 31.1 Å². The zero-order valence-corrected chi connectivity index (χ0v) is 16.6. The van der Waals surface area contributed by atoms with Gasteiger partial charge in [0, 0.05) is 11.1 Å². The molecule has 0 bridgehead atoms. The molecule has 1 N–H and O–H groups in total. The summed E-state index contributed by atoms with van der Waals surface area (Å²) in [5, 5.41) is 16.1. The highest BCUT2D eigenvalue weighted by atomic mass is 32.1. The van der Waals surface area contributed by atoms with Crippen molar-refractivity contribution in [1.29, 1.82) is 0 Å². The SMILES string of the molecule is O=C(Cn1nnc(-c2ccccc2)n1)Nc1ccccc1-c1nc2ccccc2s1. The lowest BCUT2D eigenvalue weighted by molar-refractivity contribution is -0.117. The van der Waals surface area contributed by atoms with Crippen LogP contribution in [0.3, 0.4) is 0 Å². The fourth-order valence-electron chi connectivity index (χ4n) is 3.10. The van der Waals surface area contributed by atoms with Gasteiger partial charge in [-0.1, -0.05) is 54.6 Å². The number of aromatic nitrogens is 5. The Labute approximate surface area is 176 Å². The largest absolute Gasteiger partial charge is 0.324 e. The van der Waals surface area contributed by atoms with Gasteiger partial charge in [0.05, 0.1) is 15.9 Å². The molecule has 1 amide bonds. The molecular weight excluding hydrogens is 396 g/mol. The summed E-state index contributed by atoms with van der Waals surface area (Å²) in [5.74, 6) is 0.249. The van der Waals surface area contributed by atoms with E-state index in [1.54, 1.807) is 11.3 Å². The fourth-order valence-corrected chi connectivity index (χ4v) is 4.10. The minimum atomic E-state index is -0.236. The average molecular weight is 412 g/mol. The lowest BCUT2D eigenvalue weighted by Gasteiger charge is -2.08. The number of rotatable bonds is 5. The van der Waals surface area contributed by atoms with E-state index in [0.717, 1.165) is 26.4 Å². The molecule has 8 heteroatoms. The van der Waals surface area contributed by atoms with Crippen LogP contribution in [0.5, 0.6) is 0 Å². The maximum Gasteiger partial charge on any atom is 0.248 e. The van der Waals surface area contributed by atoms with E-state index in [0.29, 0.717) is 11.5 Å². The van der Waals surface area contributed by atoms with Crippen LogP contribution in [0.15, 0.2) is 78.9 Å². The third-order valence-electron chi connectivity index (χ3n) is 4.50. The molecule has 0 unspecified atom stereocenters. The second kappa shape index (κ2) is 7.84. The van der Waals surface area contributed by atoms with Gasteiger partial charge in [-0.15, -0.1) is 21.5 Å². The molecule has 0 fully saturated rings. The van der Waals surface area contributed by atoms with Crippen molar-refractivity contribution in [2.24, 2.45) is 0 Å². The van der Waals surface area contributed by atoms with Crippen LogP contribution >= 0.6 is 11.3 Å². The Balaban J connectivity index is 1.35. The van der Waals surface area contributed by atoms with E-state index < -0.39 is 0 Å². The first-order valence-corrected chi connectivity index (χ1v) is 10.2. The van der Waals surface area contributed by atoms with E-state index >= 15 is 0 Å². The number of hydrogen-bond donors (Lipinski definition) is 1. The van der Waals surface area contributed by atoms with Gasteiger partial charge in [-0.25, -0.2) is 4.98 Å². The minimum absolute atomic E-state index is 0.0337. The maximum atomic E-state index is 12.6. The van der Waals surface area contributed by atoms with Gasteiger partial charge in [0.2, 0.25) is 11.7 Å². The van der Waals surface area contributed by atoms with Crippen LogP contribution < -0.4 is 5.32 Å². The third kappa shape index (κ3) is 3.68. The Morgan fingerprint density at radius 1 is 0.933 bits per heavy atom. The van der Waals surface area contributed by atoms with Crippen LogP contribution in [-0.2, 0) is 11.3 Å². The van der Waals surface area contributed by atoms with Gasteiger partial charge in [0.25, 0.3) is 0 Å². The molecule has 0 aliphatic heterocycles. The summed E-state index contributed by atoms with van der Waals surface area (Å²) < 4.78 is 1.11. The average Bonchev–Trinajstić information content (AvgIpc) is 3.41. The van der Waals surface area contributed by atoms with Gasteiger partial charge >= 0.3 is 0 Å². The molecule has 0 radical (unpaired) electrons. The van der Waals surface area contributed by atoms with Crippen molar-refractivity contribution in [2.75, 3.05) is 5.32 Å². The lowest BCUT2D eigenvalue weighted by atomic mass is 10.2. The quantitative estimate of drug-likeness (QED) is 0.466. The summed E-state index contributed by atoms with van der Waals surface area (Å²) in [6.07, 6.45) is 0. The van der Waals surface area contributed by atoms with Gasteiger partial charge in [-0.3, -0.25) is 4.79 Å². The number of hydrogen-bond acceptors (Lipinski definition) is 6. The molecule has 30 heavy (non-hydrogen) atoms. The van der Waals surface area contributed by atoms with Crippen molar-refractivity contribution in [2.45, 2.75) is 6.54 Å². The van der Waals surface area contributed by atoms with Gasteiger partial charge in [0.15, 0.2) is 0 Å². The number of carbonyl (C=O) groups is 1. The molecule has 0 spiro atoms. The molecule has 146 valence electrons. The molecule has 0 atom stereocenters. The number of anilines is 1. The Kier molecular flexibility index (Phi) is 4.74. The number of thiazole rings is 1. The smallest absolute Gasteiger partial charge is 0.248 e. The zero-order chi connectivity index (χ0) is 20.3. The molecular formula is C22H16N6OS. The van der Waals surface area contributed by atoms with Crippen molar-refractivity contribution in [3.05, 3.63) is 78.9 Å². The van der Waals surface area contributed by atoms with Crippen molar-refractivity contribution in [1.82, 2.24) is 25.2 Å². The van der Waals surface area contributed by atoms with Crippen molar-refractivity contribution < 1.29 is 4.79 Å². The monoisotopic (exact) mass is 412 g/mol. The Morgan fingerprint density at radius 2 is 1.70 bits per heavy atom. The molecule has 2 aromatic heterocycles. The number of fused-ring (bicyclic) bond motifs is 1. The van der Waals surface area contributed by atoms with Gasteiger partial charge < -0.3 is 5.32 Å².